The standard InChI is InChI=1S/C22H20FN5O2S/c1-14-11-28(13-25-14)19-8-7-17(9-20(19)30-2)26-22-27-18(12-31-22)21(29)24-10-15-3-5-16(23)6-4-15/h3-9,11-13H,10H2,1-2H3,(H,24,29)(H,26,27). The van der Waals surface area contributed by atoms with E-state index in [-0.39, 0.29) is 11.7 Å². The number of nitrogens with one attached hydrogen (secondary N) is 2. The van der Waals surface area contributed by atoms with Crippen LogP contribution in [-0.4, -0.2) is 27.6 Å². The Labute approximate surface area is 182 Å². The first-order chi connectivity index (χ1) is 15.0. The number of hydrogen-bond acceptors (Lipinski definition) is 6. The first kappa shape index (κ1) is 20.5. The summed E-state index contributed by atoms with van der Waals surface area (Å²) < 4.78 is 20.4. The number of nitrogens with zero attached hydrogens (tertiary/aromatic N) is 3. The maximum absolute atomic E-state index is 13.0. The lowest BCUT2D eigenvalue weighted by atomic mass is 10.2. The molecule has 9 heteroatoms. The van der Waals surface area contributed by atoms with Gasteiger partial charge in [0.25, 0.3) is 5.91 Å². The minimum atomic E-state index is -0.310. The van der Waals surface area contributed by atoms with Gasteiger partial charge < -0.3 is 19.9 Å². The lowest BCUT2D eigenvalue weighted by Crippen LogP contribution is -2.23. The van der Waals surface area contributed by atoms with Crippen molar-refractivity contribution in [2.75, 3.05) is 12.4 Å². The number of aromatic nitrogens is 3. The van der Waals surface area contributed by atoms with Crippen LogP contribution in [0.4, 0.5) is 15.2 Å². The Morgan fingerprint density at radius 1 is 1.23 bits per heavy atom. The molecule has 2 aromatic carbocycles. The largest absolute Gasteiger partial charge is 0.494 e. The number of imidazole rings is 1. The van der Waals surface area contributed by atoms with Gasteiger partial charge >= 0.3 is 0 Å². The van der Waals surface area contributed by atoms with Crippen molar-refractivity contribution in [2.24, 2.45) is 0 Å². The highest BCUT2D eigenvalue weighted by molar-refractivity contribution is 7.14. The zero-order valence-corrected chi connectivity index (χ0v) is 17.7. The molecule has 0 fully saturated rings. The summed E-state index contributed by atoms with van der Waals surface area (Å²) in [5.74, 6) is 0.0725. The van der Waals surface area contributed by atoms with Crippen LogP contribution >= 0.6 is 11.3 Å². The summed E-state index contributed by atoms with van der Waals surface area (Å²) in [6.45, 7) is 2.22. The number of carbonyl (C=O) groups excluding carboxylic acids is 1. The van der Waals surface area contributed by atoms with Gasteiger partial charge in [0.05, 0.1) is 24.8 Å². The van der Waals surface area contributed by atoms with Gasteiger partial charge in [-0.15, -0.1) is 11.3 Å². The van der Waals surface area contributed by atoms with E-state index < -0.39 is 0 Å². The van der Waals surface area contributed by atoms with E-state index in [1.54, 1.807) is 30.9 Å². The predicted octanol–water partition coefficient (Wildman–Crippen LogP) is 4.46. The van der Waals surface area contributed by atoms with Crippen molar-refractivity contribution >= 4 is 28.1 Å². The van der Waals surface area contributed by atoms with Crippen molar-refractivity contribution in [3.05, 3.63) is 83.1 Å². The molecule has 4 rings (SSSR count). The van der Waals surface area contributed by atoms with Crippen molar-refractivity contribution < 1.29 is 13.9 Å². The van der Waals surface area contributed by atoms with E-state index in [2.05, 4.69) is 20.6 Å². The first-order valence-electron chi connectivity index (χ1n) is 9.46. The zero-order valence-electron chi connectivity index (χ0n) is 16.9. The topological polar surface area (TPSA) is 81.1 Å². The highest BCUT2D eigenvalue weighted by Crippen LogP contribution is 2.29. The summed E-state index contributed by atoms with van der Waals surface area (Å²) in [7, 11) is 1.61. The molecular formula is C22H20FN5O2S. The first-order valence-corrected chi connectivity index (χ1v) is 10.3. The van der Waals surface area contributed by atoms with Crippen molar-refractivity contribution in [3.63, 3.8) is 0 Å². The maximum Gasteiger partial charge on any atom is 0.271 e. The molecule has 7 nitrogen and oxygen atoms in total. The quantitative estimate of drug-likeness (QED) is 0.446. The molecule has 4 aromatic rings. The Kier molecular flexibility index (Phi) is 5.94. The van der Waals surface area contributed by atoms with Gasteiger partial charge in [0.15, 0.2) is 5.13 Å². The molecule has 0 aliphatic heterocycles. The van der Waals surface area contributed by atoms with E-state index in [1.165, 1.54) is 23.5 Å². The fourth-order valence-electron chi connectivity index (χ4n) is 2.96. The number of aryl methyl sites for hydroxylation is 1. The van der Waals surface area contributed by atoms with E-state index in [0.717, 1.165) is 22.6 Å². The second kappa shape index (κ2) is 8.97. The van der Waals surface area contributed by atoms with Gasteiger partial charge in [0, 0.05) is 29.9 Å². The minimum Gasteiger partial charge on any atom is -0.494 e. The number of thiazole rings is 1. The fourth-order valence-corrected chi connectivity index (χ4v) is 3.67. The lowest BCUT2D eigenvalue weighted by Gasteiger charge is -2.11. The SMILES string of the molecule is COc1cc(Nc2nc(C(=O)NCc3ccc(F)cc3)cs2)ccc1-n1cnc(C)c1. The molecule has 0 aliphatic carbocycles. The van der Waals surface area contributed by atoms with Gasteiger partial charge in [-0.3, -0.25) is 4.79 Å². The van der Waals surface area contributed by atoms with Crippen LogP contribution in [0.3, 0.4) is 0 Å². The average molecular weight is 438 g/mol. The van der Waals surface area contributed by atoms with E-state index in [0.29, 0.717) is 23.1 Å². The van der Waals surface area contributed by atoms with Crippen molar-refractivity contribution in [1.82, 2.24) is 19.9 Å². The van der Waals surface area contributed by atoms with Gasteiger partial charge in [-0.1, -0.05) is 12.1 Å². The third-order valence-electron chi connectivity index (χ3n) is 4.52. The Morgan fingerprint density at radius 2 is 2.03 bits per heavy atom. The molecule has 2 aromatic heterocycles. The molecule has 158 valence electrons. The number of anilines is 2. The normalized spacial score (nSPS) is 10.7. The molecule has 2 heterocycles. The monoisotopic (exact) mass is 437 g/mol. The van der Waals surface area contributed by atoms with Crippen molar-refractivity contribution in [2.45, 2.75) is 13.5 Å². The Morgan fingerprint density at radius 3 is 2.74 bits per heavy atom. The summed E-state index contributed by atoms with van der Waals surface area (Å²) in [4.78, 5) is 21.0. The molecule has 0 atom stereocenters. The van der Waals surface area contributed by atoms with Crippen LogP contribution in [0.5, 0.6) is 5.75 Å². The van der Waals surface area contributed by atoms with Gasteiger partial charge in [-0.05, 0) is 36.8 Å². The van der Waals surface area contributed by atoms with E-state index in [9.17, 15) is 9.18 Å². The molecule has 0 radical (unpaired) electrons. The third-order valence-corrected chi connectivity index (χ3v) is 5.28. The van der Waals surface area contributed by atoms with Crippen LogP contribution < -0.4 is 15.4 Å². The number of hydrogen-bond donors (Lipinski definition) is 2. The molecule has 0 unspecified atom stereocenters. The minimum absolute atomic E-state index is 0.294. The average Bonchev–Trinajstić information content (AvgIpc) is 3.42. The zero-order chi connectivity index (χ0) is 21.8. The second-order valence-corrected chi connectivity index (χ2v) is 7.64. The highest BCUT2D eigenvalue weighted by atomic mass is 32.1. The van der Waals surface area contributed by atoms with Crippen molar-refractivity contribution in [1.29, 1.82) is 0 Å². The van der Waals surface area contributed by atoms with Crippen LogP contribution in [0.1, 0.15) is 21.7 Å². The van der Waals surface area contributed by atoms with Crippen LogP contribution in [-0.2, 0) is 6.54 Å². The third kappa shape index (κ3) is 4.89. The fraction of sp³-hybridized carbons (Fsp3) is 0.136. The summed E-state index contributed by atoms with van der Waals surface area (Å²) in [5.41, 5.74) is 3.69. The highest BCUT2D eigenvalue weighted by Gasteiger charge is 2.12. The number of halogens is 1. The summed E-state index contributed by atoms with van der Waals surface area (Å²) in [6.07, 6.45) is 3.65. The van der Waals surface area contributed by atoms with Crippen LogP contribution in [0.15, 0.2) is 60.4 Å². The van der Waals surface area contributed by atoms with Gasteiger partial charge in [0.1, 0.15) is 17.3 Å². The molecule has 1 amide bonds. The molecule has 31 heavy (non-hydrogen) atoms. The number of rotatable bonds is 7. The molecule has 0 aliphatic rings. The number of ether oxygens (including phenoxy) is 1. The molecular weight excluding hydrogens is 417 g/mol. The predicted molar refractivity (Wildman–Crippen MR) is 118 cm³/mol. The van der Waals surface area contributed by atoms with Gasteiger partial charge in [-0.2, -0.15) is 0 Å². The van der Waals surface area contributed by atoms with Gasteiger partial charge in [0.2, 0.25) is 0 Å². The maximum atomic E-state index is 13.0. The number of amides is 1. The smallest absolute Gasteiger partial charge is 0.271 e. The molecule has 0 spiro atoms. The van der Waals surface area contributed by atoms with E-state index in [4.69, 9.17) is 4.74 Å². The Hall–Kier alpha value is -3.72. The van der Waals surface area contributed by atoms with Crippen LogP contribution in [0.25, 0.3) is 5.69 Å². The second-order valence-electron chi connectivity index (χ2n) is 6.78. The van der Waals surface area contributed by atoms with Crippen LogP contribution in [0.2, 0.25) is 0 Å². The van der Waals surface area contributed by atoms with Gasteiger partial charge in [-0.25, -0.2) is 14.4 Å². The van der Waals surface area contributed by atoms with E-state index >= 15 is 0 Å². The Balaban J connectivity index is 1.42. The van der Waals surface area contributed by atoms with Crippen molar-refractivity contribution in [3.8, 4) is 11.4 Å². The number of carbonyl (C=O) groups is 1. The number of methoxy groups -OCH3 is 1. The van der Waals surface area contributed by atoms with Crippen LogP contribution in [0, 0.1) is 12.7 Å². The molecule has 2 N–H and O–H groups in total. The number of benzene rings is 2. The summed E-state index contributed by atoms with van der Waals surface area (Å²) in [5, 5.41) is 8.25. The molecule has 0 saturated carbocycles. The lowest BCUT2D eigenvalue weighted by molar-refractivity contribution is 0.0946. The van der Waals surface area contributed by atoms with E-state index in [1.807, 2.05) is 35.9 Å². The molecule has 0 saturated heterocycles. The molecule has 0 bridgehead atoms. The summed E-state index contributed by atoms with van der Waals surface area (Å²) >= 11 is 1.33. The summed E-state index contributed by atoms with van der Waals surface area (Å²) in [6, 6.07) is 11.7. The Bertz CT molecular complexity index is 1200.